The van der Waals surface area contributed by atoms with E-state index in [2.05, 4.69) is 22.3 Å². The van der Waals surface area contributed by atoms with Gasteiger partial charge in [0.15, 0.2) is 0 Å². The van der Waals surface area contributed by atoms with Gasteiger partial charge in [-0.25, -0.2) is 4.79 Å². The number of alkyl carbamates (subject to hydrolysis) is 1. The number of amides is 1. The van der Waals surface area contributed by atoms with Crippen molar-refractivity contribution in [3.05, 3.63) is 35.9 Å². The number of ether oxygens (including phenoxy) is 2. The number of carbonyl (C=O) groups excluding carboxylic acids is 1. The van der Waals surface area contributed by atoms with Crippen molar-refractivity contribution in [2.75, 3.05) is 32.8 Å². The molecule has 1 aromatic rings. The number of fused-ring (bicyclic) bond motifs is 3. The lowest BCUT2D eigenvalue weighted by molar-refractivity contribution is -0.0390. The van der Waals surface area contributed by atoms with Crippen molar-refractivity contribution < 1.29 is 14.3 Å². The van der Waals surface area contributed by atoms with Crippen molar-refractivity contribution >= 4 is 6.09 Å². The average Bonchev–Trinajstić information content (AvgIpc) is 2.64. The van der Waals surface area contributed by atoms with Crippen LogP contribution in [0.3, 0.4) is 0 Å². The Balaban J connectivity index is 1.45. The van der Waals surface area contributed by atoms with Crippen molar-refractivity contribution in [1.82, 2.24) is 10.2 Å². The number of nitrogens with zero attached hydrogens (tertiary/aromatic N) is 1. The summed E-state index contributed by atoms with van der Waals surface area (Å²) in [6.45, 7) is 4.51. The lowest BCUT2D eigenvalue weighted by atomic mass is 9.83. The minimum Gasteiger partial charge on any atom is -0.445 e. The molecule has 1 atom stereocenters. The number of carbonyl (C=O) groups is 1. The molecule has 24 heavy (non-hydrogen) atoms. The molecule has 5 heteroatoms. The number of hydrogen-bond donors (Lipinski definition) is 1. The van der Waals surface area contributed by atoms with E-state index >= 15 is 0 Å². The molecule has 0 spiro atoms. The van der Waals surface area contributed by atoms with Gasteiger partial charge in [0.05, 0.1) is 5.54 Å². The van der Waals surface area contributed by atoms with Crippen molar-refractivity contribution in [2.24, 2.45) is 5.92 Å². The standard InChI is InChI=1S/C19H26N2O3/c22-18(24-17-14-21-10-6-15(17)7-11-21)20-19(8-12-23-13-9-19)16-4-2-1-3-5-16/h1-5,15,17H,6-14H2,(H,20,22). The minimum absolute atomic E-state index is 0.0418. The summed E-state index contributed by atoms with van der Waals surface area (Å²) in [6.07, 6.45) is 3.63. The van der Waals surface area contributed by atoms with E-state index in [9.17, 15) is 4.79 Å². The number of rotatable bonds is 3. The zero-order valence-corrected chi connectivity index (χ0v) is 14.1. The lowest BCUT2D eigenvalue weighted by Crippen LogP contribution is -2.55. The summed E-state index contributed by atoms with van der Waals surface area (Å²) >= 11 is 0. The summed E-state index contributed by atoms with van der Waals surface area (Å²) in [6, 6.07) is 10.2. The molecule has 5 rings (SSSR count). The van der Waals surface area contributed by atoms with Crippen LogP contribution in [0.5, 0.6) is 0 Å². The largest absolute Gasteiger partial charge is 0.445 e. The highest BCUT2D eigenvalue weighted by atomic mass is 16.6. The third kappa shape index (κ3) is 3.15. The van der Waals surface area contributed by atoms with Crippen LogP contribution in [0, 0.1) is 5.92 Å². The fourth-order valence-corrected chi connectivity index (χ4v) is 4.37. The Morgan fingerprint density at radius 2 is 1.88 bits per heavy atom. The lowest BCUT2D eigenvalue weighted by Gasteiger charge is -2.44. The van der Waals surface area contributed by atoms with Crippen LogP contribution in [-0.4, -0.2) is 49.9 Å². The summed E-state index contributed by atoms with van der Waals surface area (Å²) in [7, 11) is 0. The Labute approximate surface area is 143 Å². The predicted molar refractivity (Wildman–Crippen MR) is 90.7 cm³/mol. The molecule has 4 fully saturated rings. The van der Waals surface area contributed by atoms with Gasteiger partial charge in [-0.05, 0) is 50.3 Å². The van der Waals surface area contributed by atoms with Gasteiger partial charge >= 0.3 is 6.09 Å². The Kier molecular flexibility index (Phi) is 4.46. The molecule has 1 N–H and O–H groups in total. The first-order chi connectivity index (χ1) is 11.8. The van der Waals surface area contributed by atoms with E-state index in [1.807, 2.05) is 18.2 Å². The van der Waals surface area contributed by atoms with Crippen LogP contribution < -0.4 is 5.32 Å². The molecule has 1 unspecified atom stereocenters. The maximum absolute atomic E-state index is 12.6. The third-order valence-corrected chi connectivity index (χ3v) is 5.87. The van der Waals surface area contributed by atoms with E-state index in [1.54, 1.807) is 0 Å². The number of nitrogens with one attached hydrogen (secondary N) is 1. The Morgan fingerprint density at radius 1 is 1.17 bits per heavy atom. The predicted octanol–water partition coefficient (Wildman–Crippen LogP) is 2.51. The molecular weight excluding hydrogens is 304 g/mol. The smallest absolute Gasteiger partial charge is 0.408 e. The minimum atomic E-state index is -0.370. The molecule has 2 bridgehead atoms. The molecule has 0 radical (unpaired) electrons. The topological polar surface area (TPSA) is 50.8 Å². The second-order valence-electron chi connectivity index (χ2n) is 7.27. The normalized spacial score (nSPS) is 31.4. The van der Waals surface area contributed by atoms with Crippen LogP contribution in [-0.2, 0) is 15.0 Å². The van der Waals surface area contributed by atoms with Gasteiger partial charge in [0.2, 0.25) is 0 Å². The monoisotopic (exact) mass is 330 g/mol. The van der Waals surface area contributed by atoms with Crippen LogP contribution in [0.15, 0.2) is 30.3 Å². The fourth-order valence-electron chi connectivity index (χ4n) is 4.37. The van der Waals surface area contributed by atoms with Gasteiger partial charge in [0, 0.05) is 19.8 Å². The first-order valence-electron chi connectivity index (χ1n) is 9.10. The van der Waals surface area contributed by atoms with Crippen molar-refractivity contribution in [1.29, 1.82) is 0 Å². The molecule has 4 heterocycles. The van der Waals surface area contributed by atoms with E-state index in [1.165, 1.54) is 0 Å². The Bertz CT molecular complexity index is 563. The van der Waals surface area contributed by atoms with Gasteiger partial charge in [-0.2, -0.15) is 0 Å². The highest BCUT2D eigenvalue weighted by Gasteiger charge is 2.40. The molecule has 5 nitrogen and oxygen atoms in total. The molecular formula is C19H26N2O3. The summed E-state index contributed by atoms with van der Waals surface area (Å²) in [5.74, 6) is 0.531. The molecule has 4 saturated heterocycles. The molecule has 130 valence electrons. The van der Waals surface area contributed by atoms with Crippen LogP contribution in [0.1, 0.15) is 31.2 Å². The quantitative estimate of drug-likeness (QED) is 0.925. The summed E-state index contributed by atoms with van der Waals surface area (Å²) < 4.78 is 11.4. The molecule has 1 aromatic carbocycles. The second-order valence-corrected chi connectivity index (χ2v) is 7.27. The van der Waals surface area contributed by atoms with Crippen molar-refractivity contribution in [3.63, 3.8) is 0 Å². The second kappa shape index (κ2) is 6.73. The molecule has 4 aliphatic rings. The highest BCUT2D eigenvalue weighted by Crippen LogP contribution is 2.33. The summed E-state index contributed by atoms with van der Waals surface area (Å²) in [4.78, 5) is 15.0. The van der Waals surface area contributed by atoms with E-state index in [0.717, 1.165) is 50.9 Å². The van der Waals surface area contributed by atoms with Crippen molar-refractivity contribution in [2.45, 2.75) is 37.3 Å². The maximum Gasteiger partial charge on any atom is 0.408 e. The van der Waals surface area contributed by atoms with E-state index in [0.29, 0.717) is 19.1 Å². The van der Waals surface area contributed by atoms with Gasteiger partial charge < -0.3 is 14.8 Å². The van der Waals surface area contributed by atoms with Crippen LogP contribution in [0.2, 0.25) is 0 Å². The zero-order valence-electron chi connectivity index (χ0n) is 14.1. The van der Waals surface area contributed by atoms with E-state index in [-0.39, 0.29) is 17.7 Å². The summed E-state index contributed by atoms with van der Waals surface area (Å²) in [5, 5.41) is 3.20. The molecule has 0 saturated carbocycles. The number of piperidine rings is 3. The van der Waals surface area contributed by atoms with Crippen LogP contribution in [0.4, 0.5) is 4.79 Å². The SMILES string of the molecule is O=C(NC1(c2ccccc2)CCOCC1)OC1CN2CCC1CC2. The fraction of sp³-hybridized carbons (Fsp3) is 0.632. The first-order valence-corrected chi connectivity index (χ1v) is 9.10. The van der Waals surface area contributed by atoms with Gasteiger partial charge in [-0.15, -0.1) is 0 Å². The Morgan fingerprint density at radius 3 is 2.50 bits per heavy atom. The highest BCUT2D eigenvalue weighted by molar-refractivity contribution is 5.69. The molecule has 0 aliphatic carbocycles. The van der Waals surface area contributed by atoms with Crippen LogP contribution in [0.25, 0.3) is 0 Å². The Hall–Kier alpha value is -1.59. The number of hydrogen-bond acceptors (Lipinski definition) is 4. The van der Waals surface area contributed by atoms with Gasteiger partial charge in [0.1, 0.15) is 6.10 Å². The van der Waals surface area contributed by atoms with Gasteiger partial charge in [0.25, 0.3) is 0 Å². The van der Waals surface area contributed by atoms with E-state index in [4.69, 9.17) is 9.47 Å². The molecule has 4 aliphatic heterocycles. The summed E-state index contributed by atoms with van der Waals surface area (Å²) in [5.41, 5.74) is 0.768. The molecule has 1 amide bonds. The first kappa shape index (κ1) is 15.9. The third-order valence-electron chi connectivity index (χ3n) is 5.87. The van der Waals surface area contributed by atoms with Crippen LogP contribution >= 0.6 is 0 Å². The number of benzene rings is 1. The zero-order chi connectivity index (χ0) is 16.4. The van der Waals surface area contributed by atoms with Crippen molar-refractivity contribution in [3.8, 4) is 0 Å². The molecule has 0 aromatic heterocycles. The average molecular weight is 330 g/mol. The van der Waals surface area contributed by atoms with Gasteiger partial charge in [-0.1, -0.05) is 30.3 Å². The van der Waals surface area contributed by atoms with Gasteiger partial charge in [-0.3, -0.25) is 4.90 Å². The van der Waals surface area contributed by atoms with E-state index < -0.39 is 0 Å². The maximum atomic E-state index is 12.6.